The van der Waals surface area contributed by atoms with Gasteiger partial charge in [0.05, 0.1) is 10.6 Å². The maximum absolute atomic E-state index is 13.4. The lowest BCUT2D eigenvalue weighted by atomic mass is 9.98. The molecule has 1 aliphatic carbocycles. The Hall–Kier alpha value is -2.86. The van der Waals surface area contributed by atoms with E-state index in [9.17, 15) is 13.2 Å². The molecule has 4 rings (SSSR count). The largest absolute Gasteiger partial charge is 0.459 e. The van der Waals surface area contributed by atoms with Crippen LogP contribution in [0.2, 0.25) is 0 Å². The first kappa shape index (κ1) is 19.5. The molecular weight excluding hydrogens is 386 g/mol. The van der Waals surface area contributed by atoms with Crippen LogP contribution in [0, 0.1) is 6.92 Å². The molecule has 6 heteroatoms. The van der Waals surface area contributed by atoms with Crippen molar-refractivity contribution in [3.05, 3.63) is 77.1 Å². The van der Waals surface area contributed by atoms with Crippen LogP contribution in [0.1, 0.15) is 35.7 Å². The Morgan fingerprint density at radius 2 is 1.72 bits per heavy atom. The summed E-state index contributed by atoms with van der Waals surface area (Å²) in [4.78, 5) is 11.7. The van der Waals surface area contributed by atoms with Gasteiger partial charge in [0, 0.05) is 18.7 Å². The molecular formula is C23H23NO4S. The summed E-state index contributed by atoms with van der Waals surface area (Å²) in [6.45, 7) is 3.15. The molecule has 0 amide bonds. The van der Waals surface area contributed by atoms with Crippen molar-refractivity contribution in [1.29, 1.82) is 0 Å². The summed E-state index contributed by atoms with van der Waals surface area (Å²) in [5, 5.41) is 0. The third kappa shape index (κ3) is 3.60. The van der Waals surface area contributed by atoms with E-state index in [0.29, 0.717) is 5.69 Å². The van der Waals surface area contributed by atoms with E-state index in [4.69, 9.17) is 4.74 Å². The van der Waals surface area contributed by atoms with Crippen LogP contribution >= 0.6 is 0 Å². The standard InChI is InChI=1S/C23H23NO4S/c1-16-10-12-20(13-11-16)29(26,27)24-14-19-8-5-7-18-6-3-4-9-21(18)23(19)22(24)15-28-17(2)25/h3-4,6,9-14H,5,7-8,15H2,1-2H3. The smallest absolute Gasteiger partial charge is 0.303 e. The van der Waals surface area contributed by atoms with Crippen molar-refractivity contribution in [2.45, 2.75) is 44.6 Å². The van der Waals surface area contributed by atoms with Crippen LogP contribution < -0.4 is 0 Å². The molecule has 2 aromatic carbocycles. The highest BCUT2D eigenvalue weighted by Gasteiger charge is 2.28. The first-order valence-electron chi connectivity index (χ1n) is 9.65. The van der Waals surface area contributed by atoms with Gasteiger partial charge in [0.1, 0.15) is 6.61 Å². The number of carbonyl (C=O) groups excluding carboxylic acids is 1. The van der Waals surface area contributed by atoms with Gasteiger partial charge < -0.3 is 4.74 Å². The minimum Gasteiger partial charge on any atom is -0.459 e. The average molecular weight is 410 g/mol. The second-order valence-corrected chi connectivity index (χ2v) is 9.20. The zero-order chi connectivity index (χ0) is 20.6. The molecule has 0 radical (unpaired) electrons. The van der Waals surface area contributed by atoms with Gasteiger partial charge in [-0.3, -0.25) is 4.79 Å². The number of benzene rings is 2. The van der Waals surface area contributed by atoms with Crippen LogP contribution in [0.4, 0.5) is 0 Å². The van der Waals surface area contributed by atoms with Gasteiger partial charge in [-0.1, -0.05) is 42.0 Å². The Balaban J connectivity index is 1.95. The molecule has 29 heavy (non-hydrogen) atoms. The Kier molecular flexibility index (Phi) is 5.04. The molecule has 0 saturated carbocycles. The molecule has 0 N–H and O–H groups in total. The summed E-state index contributed by atoms with van der Waals surface area (Å²) in [5.41, 5.74) is 5.51. The molecule has 0 fully saturated rings. The summed E-state index contributed by atoms with van der Waals surface area (Å²) >= 11 is 0. The first-order valence-corrected chi connectivity index (χ1v) is 11.1. The first-order chi connectivity index (χ1) is 13.9. The third-order valence-electron chi connectivity index (χ3n) is 5.32. The van der Waals surface area contributed by atoms with E-state index >= 15 is 0 Å². The minimum atomic E-state index is -3.82. The molecule has 3 aromatic rings. The molecule has 0 spiro atoms. The van der Waals surface area contributed by atoms with E-state index in [1.165, 1.54) is 16.5 Å². The number of nitrogens with zero attached hydrogens (tertiary/aromatic N) is 1. The summed E-state index contributed by atoms with van der Waals surface area (Å²) in [5.74, 6) is -0.443. The predicted octanol–water partition coefficient (Wildman–Crippen LogP) is 4.25. The Bertz CT molecular complexity index is 1170. The molecule has 0 unspecified atom stereocenters. The molecule has 0 bridgehead atoms. The van der Waals surface area contributed by atoms with E-state index in [-0.39, 0.29) is 11.5 Å². The Labute approximate surface area is 171 Å². The van der Waals surface area contributed by atoms with Crippen molar-refractivity contribution in [1.82, 2.24) is 3.97 Å². The van der Waals surface area contributed by atoms with Gasteiger partial charge in [0.2, 0.25) is 0 Å². The second-order valence-electron chi connectivity index (χ2n) is 7.38. The van der Waals surface area contributed by atoms with Crippen LogP contribution in [-0.4, -0.2) is 18.4 Å². The molecule has 5 nitrogen and oxygen atoms in total. The van der Waals surface area contributed by atoms with Crippen LogP contribution in [0.5, 0.6) is 0 Å². The normalized spacial score (nSPS) is 13.3. The molecule has 1 heterocycles. The maximum atomic E-state index is 13.4. The number of hydrogen-bond acceptors (Lipinski definition) is 4. The SMILES string of the molecule is CC(=O)OCc1c2c(cn1S(=O)(=O)c1ccc(C)cc1)CCCc1ccccc1-2. The highest BCUT2D eigenvalue weighted by molar-refractivity contribution is 7.90. The van der Waals surface area contributed by atoms with Gasteiger partial charge in [-0.2, -0.15) is 0 Å². The molecule has 150 valence electrons. The van der Waals surface area contributed by atoms with Gasteiger partial charge in [0.25, 0.3) is 10.0 Å². The summed E-state index contributed by atoms with van der Waals surface area (Å²) in [6, 6.07) is 14.8. The number of carbonyl (C=O) groups is 1. The fourth-order valence-electron chi connectivity index (χ4n) is 3.89. The summed E-state index contributed by atoms with van der Waals surface area (Å²) < 4.78 is 33.5. The van der Waals surface area contributed by atoms with Crippen molar-refractivity contribution in [3.63, 3.8) is 0 Å². The minimum absolute atomic E-state index is 0.0932. The lowest BCUT2D eigenvalue weighted by Crippen LogP contribution is -2.16. The summed E-state index contributed by atoms with van der Waals surface area (Å²) in [6.07, 6.45) is 4.34. The van der Waals surface area contributed by atoms with Gasteiger partial charge >= 0.3 is 5.97 Å². The van der Waals surface area contributed by atoms with Crippen LogP contribution in [0.25, 0.3) is 11.1 Å². The van der Waals surface area contributed by atoms with Crippen molar-refractivity contribution in [2.75, 3.05) is 0 Å². The van der Waals surface area contributed by atoms with Crippen LogP contribution in [-0.2, 0) is 39.0 Å². The fraction of sp³-hybridized carbons (Fsp3) is 0.261. The number of rotatable bonds is 4. The Morgan fingerprint density at radius 3 is 2.45 bits per heavy atom. The van der Waals surface area contributed by atoms with Gasteiger partial charge in [-0.25, -0.2) is 12.4 Å². The topological polar surface area (TPSA) is 65.4 Å². The quantitative estimate of drug-likeness (QED) is 0.604. The Morgan fingerprint density at radius 1 is 1.03 bits per heavy atom. The zero-order valence-electron chi connectivity index (χ0n) is 16.5. The fourth-order valence-corrected chi connectivity index (χ4v) is 5.30. The van der Waals surface area contributed by atoms with E-state index < -0.39 is 16.0 Å². The molecule has 0 aliphatic heterocycles. The summed E-state index contributed by atoms with van der Waals surface area (Å²) in [7, 11) is -3.82. The molecule has 1 aromatic heterocycles. The maximum Gasteiger partial charge on any atom is 0.303 e. The average Bonchev–Trinajstić information content (AvgIpc) is 2.96. The number of hydrogen-bond donors (Lipinski definition) is 0. The third-order valence-corrected chi connectivity index (χ3v) is 7.03. The predicted molar refractivity (Wildman–Crippen MR) is 111 cm³/mol. The highest BCUT2D eigenvalue weighted by Crippen LogP contribution is 2.38. The van der Waals surface area contributed by atoms with Gasteiger partial charge in [-0.05, 0) is 55.0 Å². The van der Waals surface area contributed by atoms with Gasteiger partial charge in [-0.15, -0.1) is 0 Å². The zero-order valence-corrected chi connectivity index (χ0v) is 17.3. The van der Waals surface area contributed by atoms with E-state index in [2.05, 4.69) is 6.07 Å². The molecule has 1 aliphatic rings. The van der Waals surface area contributed by atoms with Gasteiger partial charge in [0.15, 0.2) is 0 Å². The number of aromatic nitrogens is 1. The van der Waals surface area contributed by atoms with Crippen LogP contribution in [0.3, 0.4) is 0 Å². The van der Waals surface area contributed by atoms with E-state index in [1.807, 2.05) is 25.1 Å². The van der Waals surface area contributed by atoms with Crippen molar-refractivity contribution >= 4 is 16.0 Å². The number of esters is 1. The lowest BCUT2D eigenvalue weighted by molar-refractivity contribution is -0.142. The molecule has 0 atom stereocenters. The molecule has 0 saturated heterocycles. The van der Waals surface area contributed by atoms with E-state index in [0.717, 1.165) is 41.5 Å². The van der Waals surface area contributed by atoms with E-state index in [1.54, 1.807) is 30.5 Å². The number of fused-ring (bicyclic) bond motifs is 3. The highest BCUT2D eigenvalue weighted by atomic mass is 32.2. The van der Waals surface area contributed by atoms with Crippen LogP contribution in [0.15, 0.2) is 59.6 Å². The second kappa shape index (κ2) is 7.52. The number of aryl methyl sites for hydroxylation is 3. The monoisotopic (exact) mass is 409 g/mol. The van der Waals surface area contributed by atoms with Crippen molar-refractivity contribution in [3.8, 4) is 11.1 Å². The lowest BCUT2D eigenvalue weighted by Gasteiger charge is -2.14. The number of ether oxygens (including phenoxy) is 1. The van der Waals surface area contributed by atoms with Crippen molar-refractivity contribution in [2.24, 2.45) is 0 Å². The van der Waals surface area contributed by atoms with Crippen molar-refractivity contribution < 1.29 is 17.9 Å².